The number of carbonyl (C=O) groups excluding carboxylic acids is 1. The molecule has 0 bridgehead atoms. The molecule has 3 heteroatoms. The van der Waals surface area contributed by atoms with Crippen molar-refractivity contribution in [1.82, 2.24) is 10.4 Å². The second-order valence-electron chi connectivity index (χ2n) is 2.54. The Morgan fingerprint density at radius 3 is 2.75 bits per heavy atom. The van der Waals surface area contributed by atoms with E-state index in [2.05, 4.69) is 5.43 Å². The van der Waals surface area contributed by atoms with E-state index in [4.69, 9.17) is 0 Å². The van der Waals surface area contributed by atoms with E-state index in [-0.39, 0.29) is 0 Å². The van der Waals surface area contributed by atoms with E-state index in [9.17, 15) is 4.79 Å². The van der Waals surface area contributed by atoms with Gasteiger partial charge in [0.25, 0.3) is 0 Å². The largest absolute Gasteiger partial charge is 0.299 e. The molecule has 1 aliphatic rings. The predicted molar refractivity (Wildman–Crippen MR) is 45.7 cm³/mol. The van der Waals surface area contributed by atoms with Crippen LogP contribution in [0.15, 0.2) is 24.3 Å². The minimum absolute atomic E-state index is 0.729. The molecule has 1 aromatic carbocycles. The van der Waals surface area contributed by atoms with Gasteiger partial charge < -0.3 is 0 Å². The van der Waals surface area contributed by atoms with E-state index >= 15 is 0 Å². The summed E-state index contributed by atoms with van der Waals surface area (Å²) in [4.78, 5) is 10.4. The number of benzene rings is 1. The lowest BCUT2D eigenvalue weighted by Gasteiger charge is -2.14. The van der Waals surface area contributed by atoms with Gasteiger partial charge >= 0.3 is 0 Å². The maximum absolute atomic E-state index is 10.4. The fourth-order valence-electron chi connectivity index (χ4n) is 1.15. The number of fused-ring (bicyclic) bond motifs is 1. The quantitative estimate of drug-likeness (QED) is 0.542. The van der Waals surface area contributed by atoms with Gasteiger partial charge in [-0.15, -0.1) is 0 Å². The molecular formula is C9H8N2O. The molecule has 1 amide bonds. The van der Waals surface area contributed by atoms with Crippen LogP contribution in [0.25, 0.3) is 12.4 Å². The van der Waals surface area contributed by atoms with E-state index in [1.54, 1.807) is 12.4 Å². The number of hydrogen-bond acceptors (Lipinski definition) is 2. The summed E-state index contributed by atoms with van der Waals surface area (Å²) in [5, 5.41) is 3.52. The normalized spacial score (nSPS) is 13.5. The van der Waals surface area contributed by atoms with Crippen molar-refractivity contribution in [3.63, 3.8) is 0 Å². The molecule has 2 rings (SSSR count). The van der Waals surface area contributed by atoms with Gasteiger partial charge in [0.15, 0.2) is 0 Å². The Labute approximate surface area is 69.6 Å². The van der Waals surface area contributed by atoms with Crippen LogP contribution in [0.1, 0.15) is 0 Å². The summed E-state index contributed by atoms with van der Waals surface area (Å²) in [5.41, 5.74) is 2.81. The highest BCUT2D eigenvalue weighted by atomic mass is 16.1. The maximum Gasteiger partial charge on any atom is 0.232 e. The molecule has 1 heterocycles. The molecule has 0 unspecified atom stereocenters. The molecular weight excluding hydrogens is 152 g/mol. The first-order valence-electron chi connectivity index (χ1n) is 3.67. The first kappa shape index (κ1) is 6.91. The Kier molecular flexibility index (Phi) is 1.55. The Bertz CT molecular complexity index is 411. The highest BCUT2D eigenvalue weighted by Gasteiger charge is 1.97. The molecule has 0 radical (unpaired) electrons. The first-order chi connectivity index (χ1) is 5.90. The third-order valence-corrected chi connectivity index (χ3v) is 1.76. The lowest BCUT2D eigenvalue weighted by molar-refractivity contribution is -0.116. The van der Waals surface area contributed by atoms with Crippen molar-refractivity contribution in [2.75, 3.05) is 0 Å². The fourth-order valence-corrected chi connectivity index (χ4v) is 1.15. The Morgan fingerprint density at radius 1 is 1.25 bits per heavy atom. The summed E-state index contributed by atoms with van der Waals surface area (Å²) in [7, 11) is 0. The number of carbonyl (C=O) groups is 1. The maximum atomic E-state index is 10.4. The number of hydrogen-bond donors (Lipinski definition) is 1. The molecule has 0 aliphatic carbocycles. The lowest BCUT2D eigenvalue weighted by Crippen LogP contribution is -2.40. The molecule has 0 aromatic heterocycles. The molecule has 12 heavy (non-hydrogen) atoms. The Morgan fingerprint density at radius 2 is 2.00 bits per heavy atom. The van der Waals surface area contributed by atoms with Crippen molar-refractivity contribution in [2.45, 2.75) is 0 Å². The molecule has 0 saturated heterocycles. The fraction of sp³-hybridized carbons (Fsp3) is 0. The number of nitrogens with zero attached hydrogens (tertiary/aromatic N) is 1. The van der Waals surface area contributed by atoms with Gasteiger partial charge in [0.05, 0.1) is 0 Å². The van der Waals surface area contributed by atoms with Gasteiger partial charge in [0, 0.05) is 22.8 Å². The highest BCUT2D eigenvalue weighted by Crippen LogP contribution is 1.81. The topological polar surface area (TPSA) is 32.3 Å². The zero-order valence-corrected chi connectivity index (χ0v) is 6.40. The van der Waals surface area contributed by atoms with Crippen LogP contribution >= 0.6 is 0 Å². The summed E-state index contributed by atoms with van der Waals surface area (Å²) in [6.07, 6.45) is 4.28. The molecule has 0 saturated carbocycles. The average molecular weight is 160 g/mol. The van der Waals surface area contributed by atoms with Crippen molar-refractivity contribution >= 4 is 18.8 Å². The SMILES string of the molecule is O=CN1C=c2ccccc2=CN1. The zero-order chi connectivity index (χ0) is 8.39. The molecule has 0 spiro atoms. The lowest BCUT2D eigenvalue weighted by atomic mass is 10.2. The second-order valence-corrected chi connectivity index (χ2v) is 2.54. The van der Waals surface area contributed by atoms with Crippen LogP contribution in [0.5, 0.6) is 0 Å². The van der Waals surface area contributed by atoms with E-state index in [0.29, 0.717) is 0 Å². The Hall–Kier alpha value is -1.77. The van der Waals surface area contributed by atoms with Crippen molar-refractivity contribution in [3.8, 4) is 0 Å². The number of rotatable bonds is 1. The van der Waals surface area contributed by atoms with E-state index in [1.165, 1.54) is 5.01 Å². The van der Waals surface area contributed by atoms with Crippen molar-refractivity contribution in [3.05, 3.63) is 34.7 Å². The van der Waals surface area contributed by atoms with Crippen LogP contribution in [-0.2, 0) is 4.79 Å². The summed E-state index contributed by atoms with van der Waals surface area (Å²) in [6, 6.07) is 7.85. The van der Waals surface area contributed by atoms with Gasteiger partial charge in [0.2, 0.25) is 6.41 Å². The summed E-state index contributed by atoms with van der Waals surface area (Å²) in [6.45, 7) is 0. The molecule has 1 aromatic rings. The highest BCUT2D eigenvalue weighted by molar-refractivity contribution is 5.57. The van der Waals surface area contributed by atoms with Crippen LogP contribution < -0.4 is 15.9 Å². The minimum Gasteiger partial charge on any atom is -0.299 e. The van der Waals surface area contributed by atoms with Crippen LogP contribution in [0.2, 0.25) is 0 Å². The standard InChI is InChI=1S/C9H8N2O/c12-7-11-6-9-4-2-1-3-8(9)5-10-11/h1-7,10H. The molecule has 3 nitrogen and oxygen atoms in total. The minimum atomic E-state index is 0.729. The van der Waals surface area contributed by atoms with Crippen molar-refractivity contribution in [1.29, 1.82) is 0 Å². The summed E-state index contributed by atoms with van der Waals surface area (Å²) < 4.78 is 0. The van der Waals surface area contributed by atoms with E-state index in [1.807, 2.05) is 24.3 Å². The number of nitrogens with one attached hydrogen (secondary N) is 1. The van der Waals surface area contributed by atoms with Crippen LogP contribution in [0.4, 0.5) is 0 Å². The predicted octanol–water partition coefficient (Wildman–Crippen LogP) is -0.861. The molecule has 1 N–H and O–H groups in total. The molecule has 0 fully saturated rings. The van der Waals surface area contributed by atoms with Gasteiger partial charge in [-0.25, -0.2) is 5.01 Å². The zero-order valence-electron chi connectivity index (χ0n) is 6.40. The molecule has 0 atom stereocenters. The smallest absolute Gasteiger partial charge is 0.232 e. The molecule has 1 aliphatic heterocycles. The first-order valence-corrected chi connectivity index (χ1v) is 3.67. The van der Waals surface area contributed by atoms with Crippen LogP contribution in [0.3, 0.4) is 0 Å². The average Bonchev–Trinajstić information content (AvgIpc) is 2.17. The van der Waals surface area contributed by atoms with E-state index < -0.39 is 0 Å². The molecule has 60 valence electrons. The third-order valence-electron chi connectivity index (χ3n) is 1.76. The van der Waals surface area contributed by atoms with Gasteiger partial charge in [-0.1, -0.05) is 24.3 Å². The van der Waals surface area contributed by atoms with Gasteiger partial charge in [-0.3, -0.25) is 10.2 Å². The third kappa shape index (κ3) is 1.05. The van der Waals surface area contributed by atoms with Gasteiger partial charge in [-0.2, -0.15) is 0 Å². The summed E-state index contributed by atoms with van der Waals surface area (Å²) in [5.74, 6) is 0. The van der Waals surface area contributed by atoms with E-state index in [0.717, 1.165) is 16.8 Å². The van der Waals surface area contributed by atoms with Gasteiger partial charge in [0.1, 0.15) is 0 Å². The monoisotopic (exact) mass is 160 g/mol. The summed E-state index contributed by atoms with van der Waals surface area (Å²) >= 11 is 0. The van der Waals surface area contributed by atoms with Crippen LogP contribution in [0, 0.1) is 0 Å². The number of hydrazine groups is 1. The van der Waals surface area contributed by atoms with Crippen LogP contribution in [-0.4, -0.2) is 11.4 Å². The second kappa shape index (κ2) is 2.70. The van der Waals surface area contributed by atoms with Crippen molar-refractivity contribution in [2.24, 2.45) is 0 Å². The van der Waals surface area contributed by atoms with Crippen molar-refractivity contribution < 1.29 is 4.79 Å². The number of amides is 1. The van der Waals surface area contributed by atoms with Gasteiger partial charge in [-0.05, 0) is 0 Å². The Balaban J connectivity index is 2.63.